The van der Waals surface area contributed by atoms with E-state index < -0.39 is 5.54 Å². The number of carbonyl (C=O) groups excluding carboxylic acids is 1. The highest BCUT2D eigenvalue weighted by atomic mass is 16.2. The van der Waals surface area contributed by atoms with Gasteiger partial charge < -0.3 is 11.1 Å². The molecule has 0 radical (unpaired) electrons. The number of aromatic nitrogens is 1. The minimum atomic E-state index is -1.02. The van der Waals surface area contributed by atoms with Crippen LogP contribution in [0.3, 0.4) is 0 Å². The van der Waals surface area contributed by atoms with E-state index in [1.54, 1.807) is 19.3 Å². The molecule has 1 amide bonds. The Morgan fingerprint density at radius 1 is 1.25 bits per heavy atom. The number of nitrogens with two attached hydrogens (primary N) is 1. The fraction of sp³-hybridized carbons (Fsp3) is 0.250. The van der Waals surface area contributed by atoms with Crippen molar-refractivity contribution in [1.82, 2.24) is 10.3 Å². The number of carbonyl (C=O) groups is 1. The molecule has 1 aromatic carbocycles. The third-order valence-corrected chi connectivity index (χ3v) is 3.27. The van der Waals surface area contributed by atoms with Gasteiger partial charge in [-0.25, -0.2) is 0 Å². The van der Waals surface area contributed by atoms with Crippen LogP contribution < -0.4 is 11.1 Å². The molecule has 0 saturated carbocycles. The zero-order chi connectivity index (χ0) is 14.4. The maximum atomic E-state index is 12.2. The second-order valence-corrected chi connectivity index (χ2v) is 4.94. The number of nitrogens with one attached hydrogen (secondary N) is 1. The third-order valence-electron chi connectivity index (χ3n) is 3.27. The maximum Gasteiger partial charge on any atom is 0.244 e. The van der Waals surface area contributed by atoms with Crippen molar-refractivity contribution < 1.29 is 4.79 Å². The van der Waals surface area contributed by atoms with Gasteiger partial charge >= 0.3 is 0 Å². The lowest BCUT2D eigenvalue weighted by Crippen LogP contribution is -2.49. The summed E-state index contributed by atoms with van der Waals surface area (Å²) in [6.07, 6.45) is 4.27. The summed E-state index contributed by atoms with van der Waals surface area (Å²) in [5.41, 5.74) is 7.01. The lowest BCUT2D eigenvalue weighted by atomic mass is 9.92. The molecule has 2 rings (SSSR count). The fourth-order valence-electron chi connectivity index (χ4n) is 1.97. The molecule has 1 aromatic heterocycles. The number of hydrogen-bond donors (Lipinski definition) is 2. The summed E-state index contributed by atoms with van der Waals surface area (Å²) in [7, 11) is 0. The topological polar surface area (TPSA) is 68.0 Å². The third kappa shape index (κ3) is 3.42. The molecule has 2 aromatic rings. The molecule has 0 spiro atoms. The predicted molar refractivity (Wildman–Crippen MR) is 78.9 cm³/mol. The highest BCUT2D eigenvalue weighted by molar-refractivity contribution is 5.86. The second kappa shape index (κ2) is 6.30. The Hall–Kier alpha value is -2.20. The van der Waals surface area contributed by atoms with Gasteiger partial charge in [-0.1, -0.05) is 36.4 Å². The van der Waals surface area contributed by atoms with E-state index in [2.05, 4.69) is 10.3 Å². The zero-order valence-electron chi connectivity index (χ0n) is 11.5. The van der Waals surface area contributed by atoms with Gasteiger partial charge in [0.1, 0.15) is 5.54 Å². The van der Waals surface area contributed by atoms with Gasteiger partial charge in [-0.15, -0.1) is 0 Å². The van der Waals surface area contributed by atoms with E-state index in [0.29, 0.717) is 6.54 Å². The lowest BCUT2D eigenvalue weighted by Gasteiger charge is -2.24. The van der Waals surface area contributed by atoms with Crippen molar-refractivity contribution in [2.75, 3.05) is 6.54 Å². The zero-order valence-corrected chi connectivity index (χ0v) is 11.5. The molecule has 0 fully saturated rings. The smallest absolute Gasteiger partial charge is 0.244 e. The Morgan fingerprint density at radius 3 is 2.65 bits per heavy atom. The molecule has 0 aliphatic heterocycles. The van der Waals surface area contributed by atoms with Crippen molar-refractivity contribution in [1.29, 1.82) is 0 Å². The Morgan fingerprint density at radius 2 is 2.00 bits per heavy atom. The van der Waals surface area contributed by atoms with Crippen LogP contribution in [0.25, 0.3) is 0 Å². The normalized spacial score (nSPS) is 13.5. The molecule has 20 heavy (non-hydrogen) atoms. The minimum absolute atomic E-state index is 0.174. The van der Waals surface area contributed by atoms with E-state index in [1.807, 2.05) is 42.5 Å². The molecule has 1 unspecified atom stereocenters. The van der Waals surface area contributed by atoms with E-state index in [0.717, 1.165) is 17.5 Å². The Balaban J connectivity index is 1.91. The quantitative estimate of drug-likeness (QED) is 0.866. The van der Waals surface area contributed by atoms with Gasteiger partial charge in [0, 0.05) is 18.9 Å². The number of pyridine rings is 1. The first-order valence-electron chi connectivity index (χ1n) is 6.62. The van der Waals surface area contributed by atoms with Gasteiger partial charge in [-0.2, -0.15) is 0 Å². The summed E-state index contributed by atoms with van der Waals surface area (Å²) in [6, 6.07) is 13.3. The van der Waals surface area contributed by atoms with Crippen LogP contribution in [0, 0.1) is 0 Å². The molecule has 1 heterocycles. The van der Waals surface area contributed by atoms with Gasteiger partial charge in [-0.05, 0) is 30.5 Å². The summed E-state index contributed by atoms with van der Waals surface area (Å²) in [6.45, 7) is 2.27. The van der Waals surface area contributed by atoms with Crippen molar-refractivity contribution in [3.05, 3.63) is 66.0 Å². The predicted octanol–water partition coefficient (Wildman–Crippen LogP) is 1.61. The molecule has 0 bridgehead atoms. The molecular formula is C16H19N3O. The fourth-order valence-corrected chi connectivity index (χ4v) is 1.97. The average molecular weight is 269 g/mol. The van der Waals surface area contributed by atoms with Gasteiger partial charge in [0.25, 0.3) is 0 Å². The summed E-state index contributed by atoms with van der Waals surface area (Å²) in [5.74, 6) is -0.174. The van der Waals surface area contributed by atoms with Crippen molar-refractivity contribution in [3.63, 3.8) is 0 Å². The molecular weight excluding hydrogens is 250 g/mol. The lowest BCUT2D eigenvalue weighted by molar-refractivity contribution is -0.126. The van der Waals surface area contributed by atoms with E-state index in [1.165, 1.54) is 0 Å². The van der Waals surface area contributed by atoms with Gasteiger partial charge in [0.2, 0.25) is 5.91 Å². The van der Waals surface area contributed by atoms with E-state index >= 15 is 0 Å². The van der Waals surface area contributed by atoms with Crippen LogP contribution in [0.2, 0.25) is 0 Å². The molecule has 104 valence electrons. The van der Waals surface area contributed by atoms with Gasteiger partial charge in [-0.3, -0.25) is 9.78 Å². The Bertz CT molecular complexity index is 552. The van der Waals surface area contributed by atoms with Crippen LogP contribution in [0.4, 0.5) is 0 Å². The van der Waals surface area contributed by atoms with Crippen LogP contribution in [0.5, 0.6) is 0 Å². The maximum absolute atomic E-state index is 12.2. The van der Waals surface area contributed by atoms with Crippen molar-refractivity contribution >= 4 is 5.91 Å². The van der Waals surface area contributed by atoms with Gasteiger partial charge in [0.05, 0.1) is 0 Å². The molecule has 3 N–H and O–H groups in total. The van der Waals surface area contributed by atoms with Crippen LogP contribution in [-0.2, 0) is 16.8 Å². The first-order chi connectivity index (χ1) is 9.60. The first kappa shape index (κ1) is 14.2. The summed E-state index contributed by atoms with van der Waals surface area (Å²) in [5, 5.41) is 2.88. The van der Waals surface area contributed by atoms with Crippen LogP contribution in [0.1, 0.15) is 18.1 Å². The first-order valence-corrected chi connectivity index (χ1v) is 6.62. The highest BCUT2D eigenvalue weighted by Crippen LogP contribution is 2.17. The summed E-state index contributed by atoms with van der Waals surface area (Å²) < 4.78 is 0. The summed E-state index contributed by atoms with van der Waals surface area (Å²) >= 11 is 0. The molecule has 4 nitrogen and oxygen atoms in total. The Labute approximate surface area is 119 Å². The van der Waals surface area contributed by atoms with Gasteiger partial charge in [0.15, 0.2) is 0 Å². The van der Waals surface area contributed by atoms with Crippen LogP contribution in [-0.4, -0.2) is 17.4 Å². The number of hydrogen-bond acceptors (Lipinski definition) is 3. The standard InChI is InChI=1S/C16H19N3O/c1-16(17,14-7-3-2-4-8-14)15(20)19-11-9-13-6-5-10-18-12-13/h2-8,10,12H,9,11,17H2,1H3,(H,19,20). The highest BCUT2D eigenvalue weighted by Gasteiger charge is 2.29. The SMILES string of the molecule is CC(N)(C(=O)NCCc1cccnc1)c1ccccc1. The molecule has 4 heteroatoms. The average Bonchev–Trinajstić information content (AvgIpc) is 2.49. The molecule has 0 aliphatic rings. The van der Waals surface area contributed by atoms with E-state index in [9.17, 15) is 4.79 Å². The monoisotopic (exact) mass is 269 g/mol. The van der Waals surface area contributed by atoms with E-state index in [4.69, 9.17) is 5.73 Å². The second-order valence-electron chi connectivity index (χ2n) is 4.94. The molecule has 1 atom stereocenters. The summed E-state index contributed by atoms with van der Waals surface area (Å²) in [4.78, 5) is 16.2. The van der Waals surface area contributed by atoms with Crippen LogP contribution in [0.15, 0.2) is 54.9 Å². The van der Waals surface area contributed by atoms with Crippen molar-refractivity contribution in [3.8, 4) is 0 Å². The number of rotatable bonds is 5. The molecule has 0 aliphatic carbocycles. The van der Waals surface area contributed by atoms with Crippen molar-refractivity contribution in [2.24, 2.45) is 5.73 Å². The largest absolute Gasteiger partial charge is 0.354 e. The van der Waals surface area contributed by atoms with Crippen molar-refractivity contribution in [2.45, 2.75) is 18.9 Å². The minimum Gasteiger partial charge on any atom is -0.354 e. The number of amides is 1. The van der Waals surface area contributed by atoms with Crippen LogP contribution >= 0.6 is 0 Å². The van der Waals surface area contributed by atoms with E-state index in [-0.39, 0.29) is 5.91 Å². The number of benzene rings is 1. The number of nitrogens with zero attached hydrogens (tertiary/aromatic N) is 1. The molecule has 0 saturated heterocycles. The Kier molecular flexibility index (Phi) is 4.48.